The first kappa shape index (κ1) is 23.9. The van der Waals surface area contributed by atoms with Gasteiger partial charge in [0.25, 0.3) is 0 Å². The summed E-state index contributed by atoms with van der Waals surface area (Å²) in [6, 6.07) is 9.83. The molecular weight excluding hydrogens is 448 g/mol. The molecule has 0 saturated carbocycles. The van der Waals surface area contributed by atoms with Crippen molar-refractivity contribution in [3.05, 3.63) is 53.6 Å². The minimum absolute atomic E-state index is 0.0491. The zero-order valence-electron chi connectivity index (χ0n) is 17.3. The second kappa shape index (κ2) is 10.7. The Morgan fingerprint density at radius 3 is 2.44 bits per heavy atom. The fourth-order valence-electron chi connectivity index (χ4n) is 3.09. The van der Waals surface area contributed by atoms with Gasteiger partial charge in [-0.2, -0.15) is 13.1 Å². The molecular formula is C21H23F2NO7S. The predicted octanol–water partition coefficient (Wildman–Crippen LogP) is 3.06. The number of benzene rings is 2. The number of hydrogen-bond donors (Lipinski definition) is 0. The van der Waals surface area contributed by atoms with Crippen LogP contribution >= 0.6 is 0 Å². The van der Waals surface area contributed by atoms with Crippen molar-refractivity contribution in [1.29, 1.82) is 0 Å². The maximum atomic E-state index is 12.8. The molecule has 1 saturated heterocycles. The van der Waals surface area contributed by atoms with Crippen LogP contribution in [0.15, 0.2) is 47.4 Å². The van der Waals surface area contributed by atoms with E-state index in [-0.39, 0.29) is 53.8 Å². The molecule has 11 heteroatoms. The predicted molar refractivity (Wildman–Crippen MR) is 109 cm³/mol. The number of ether oxygens (including phenoxy) is 4. The molecule has 8 nitrogen and oxygen atoms in total. The van der Waals surface area contributed by atoms with Crippen LogP contribution in [0.3, 0.4) is 0 Å². The van der Waals surface area contributed by atoms with Gasteiger partial charge in [0, 0.05) is 18.7 Å². The van der Waals surface area contributed by atoms with Gasteiger partial charge in [0.15, 0.2) is 11.5 Å². The summed E-state index contributed by atoms with van der Waals surface area (Å²) in [7, 11) is -3.69. The van der Waals surface area contributed by atoms with E-state index in [2.05, 4.69) is 4.74 Å². The second-order valence-corrected chi connectivity index (χ2v) is 8.61. The van der Waals surface area contributed by atoms with E-state index in [9.17, 15) is 22.0 Å². The fourth-order valence-corrected chi connectivity index (χ4v) is 4.50. The van der Waals surface area contributed by atoms with Gasteiger partial charge in [-0.05, 0) is 37.3 Å². The molecule has 0 unspecified atom stereocenters. The van der Waals surface area contributed by atoms with Gasteiger partial charge >= 0.3 is 12.6 Å². The molecule has 2 aromatic carbocycles. The van der Waals surface area contributed by atoms with E-state index in [0.29, 0.717) is 13.2 Å². The smallest absolute Gasteiger partial charge is 0.387 e. The summed E-state index contributed by atoms with van der Waals surface area (Å²) in [5, 5.41) is 0. The zero-order valence-corrected chi connectivity index (χ0v) is 18.1. The first-order chi connectivity index (χ1) is 15.3. The quantitative estimate of drug-likeness (QED) is 0.519. The molecule has 0 aromatic heterocycles. The number of morpholine rings is 1. The van der Waals surface area contributed by atoms with Crippen LogP contribution in [0.2, 0.25) is 0 Å². The lowest BCUT2D eigenvalue weighted by molar-refractivity contribution is -0.0526. The average Bonchev–Trinajstić information content (AvgIpc) is 2.79. The highest BCUT2D eigenvalue weighted by molar-refractivity contribution is 7.89. The Bertz CT molecular complexity index is 1020. The van der Waals surface area contributed by atoms with Crippen LogP contribution in [0.25, 0.3) is 0 Å². The van der Waals surface area contributed by atoms with Gasteiger partial charge < -0.3 is 18.9 Å². The average molecular weight is 471 g/mol. The van der Waals surface area contributed by atoms with Crippen molar-refractivity contribution < 1.29 is 40.9 Å². The van der Waals surface area contributed by atoms with Gasteiger partial charge in [-0.1, -0.05) is 12.1 Å². The maximum absolute atomic E-state index is 12.8. The molecule has 32 heavy (non-hydrogen) atoms. The fraction of sp³-hybridized carbons (Fsp3) is 0.381. The summed E-state index contributed by atoms with van der Waals surface area (Å²) in [5.41, 5.74) is 0.319. The van der Waals surface area contributed by atoms with Crippen molar-refractivity contribution >= 4 is 16.0 Å². The lowest BCUT2D eigenvalue weighted by atomic mass is 10.2. The Morgan fingerprint density at radius 1 is 1.12 bits per heavy atom. The molecule has 1 aliphatic heterocycles. The van der Waals surface area contributed by atoms with Crippen molar-refractivity contribution in [3.63, 3.8) is 0 Å². The van der Waals surface area contributed by atoms with Gasteiger partial charge in [0.1, 0.15) is 6.61 Å². The summed E-state index contributed by atoms with van der Waals surface area (Å²) >= 11 is 0. The highest BCUT2D eigenvalue weighted by Gasteiger charge is 2.26. The number of nitrogens with zero attached hydrogens (tertiary/aromatic N) is 1. The summed E-state index contributed by atoms with van der Waals surface area (Å²) in [6.45, 7) is -0.310. The Hall–Kier alpha value is -2.76. The highest BCUT2D eigenvalue weighted by Crippen LogP contribution is 2.33. The molecule has 1 aliphatic rings. The van der Waals surface area contributed by atoms with Crippen LogP contribution in [0.4, 0.5) is 8.78 Å². The van der Waals surface area contributed by atoms with Crippen LogP contribution < -0.4 is 9.47 Å². The maximum Gasteiger partial charge on any atom is 0.387 e. The molecule has 3 rings (SSSR count). The first-order valence-corrected chi connectivity index (χ1v) is 11.3. The van der Waals surface area contributed by atoms with Gasteiger partial charge in [-0.15, -0.1) is 0 Å². The summed E-state index contributed by atoms with van der Waals surface area (Å²) in [4.78, 5) is 12.5. The minimum Gasteiger partial charge on any atom is -0.490 e. The van der Waals surface area contributed by atoms with Crippen LogP contribution in [0.5, 0.6) is 11.5 Å². The van der Waals surface area contributed by atoms with Crippen molar-refractivity contribution in [3.8, 4) is 11.5 Å². The zero-order chi connectivity index (χ0) is 23.1. The number of esters is 1. The van der Waals surface area contributed by atoms with E-state index in [1.807, 2.05) is 0 Å². The Morgan fingerprint density at radius 2 is 1.81 bits per heavy atom. The molecule has 0 atom stereocenters. The summed E-state index contributed by atoms with van der Waals surface area (Å²) in [5.74, 6) is -0.840. The largest absolute Gasteiger partial charge is 0.490 e. The number of alkyl halides is 2. The molecule has 0 spiro atoms. The van der Waals surface area contributed by atoms with Gasteiger partial charge in [0.2, 0.25) is 10.0 Å². The van der Waals surface area contributed by atoms with Crippen LogP contribution in [0.1, 0.15) is 22.8 Å². The highest BCUT2D eigenvalue weighted by atomic mass is 32.2. The summed E-state index contributed by atoms with van der Waals surface area (Å²) < 4.78 is 72.5. The number of para-hydroxylation sites is 1. The molecule has 0 amide bonds. The lowest BCUT2D eigenvalue weighted by Gasteiger charge is -2.26. The third-order valence-electron chi connectivity index (χ3n) is 4.62. The van der Waals surface area contributed by atoms with E-state index in [1.165, 1.54) is 40.7 Å². The van der Waals surface area contributed by atoms with E-state index in [4.69, 9.17) is 14.2 Å². The van der Waals surface area contributed by atoms with Gasteiger partial charge in [-0.3, -0.25) is 0 Å². The topological polar surface area (TPSA) is 91.4 Å². The normalized spacial score (nSPS) is 14.9. The van der Waals surface area contributed by atoms with Gasteiger partial charge in [-0.25, -0.2) is 13.2 Å². The summed E-state index contributed by atoms with van der Waals surface area (Å²) in [6.07, 6.45) is 0. The van der Waals surface area contributed by atoms with Crippen LogP contribution in [-0.2, 0) is 26.1 Å². The van der Waals surface area contributed by atoms with Crippen LogP contribution in [0, 0.1) is 0 Å². The minimum atomic E-state index is -3.69. The standard InChI is InChI=1S/C21H23F2NO7S/c1-2-29-18-5-3-4-16(19(18)31-21(22)23)14-30-20(25)15-6-8-17(9-7-15)32(26,27)24-10-12-28-13-11-24/h3-9,21H,2,10-14H2,1H3. The lowest BCUT2D eigenvalue weighted by Crippen LogP contribution is -2.40. The molecule has 0 radical (unpaired) electrons. The second-order valence-electron chi connectivity index (χ2n) is 6.67. The first-order valence-electron chi connectivity index (χ1n) is 9.87. The Kier molecular flexibility index (Phi) is 7.99. The van der Waals surface area contributed by atoms with Gasteiger partial charge in [0.05, 0.1) is 30.3 Å². The molecule has 0 aliphatic carbocycles. The Labute approximate surface area is 184 Å². The van der Waals surface area contributed by atoms with E-state index < -0.39 is 22.6 Å². The molecule has 1 heterocycles. The number of halogens is 2. The SMILES string of the molecule is CCOc1cccc(COC(=O)c2ccc(S(=O)(=O)N3CCOCC3)cc2)c1OC(F)F. The van der Waals surface area contributed by atoms with Crippen molar-refractivity contribution in [1.82, 2.24) is 4.31 Å². The van der Waals surface area contributed by atoms with E-state index in [0.717, 1.165) is 0 Å². The molecule has 1 fully saturated rings. The van der Waals surface area contributed by atoms with Crippen molar-refractivity contribution in [2.75, 3.05) is 32.9 Å². The molecule has 174 valence electrons. The monoisotopic (exact) mass is 471 g/mol. The number of carbonyl (C=O) groups is 1. The van der Waals surface area contributed by atoms with Crippen molar-refractivity contribution in [2.45, 2.75) is 25.0 Å². The van der Waals surface area contributed by atoms with Crippen molar-refractivity contribution in [2.24, 2.45) is 0 Å². The number of carbonyl (C=O) groups excluding carboxylic acids is 1. The molecule has 0 bridgehead atoms. The number of rotatable bonds is 9. The third-order valence-corrected chi connectivity index (χ3v) is 6.54. The van der Waals surface area contributed by atoms with Crippen LogP contribution in [-0.4, -0.2) is 58.2 Å². The van der Waals surface area contributed by atoms with E-state index >= 15 is 0 Å². The molecule has 0 N–H and O–H groups in total. The Balaban J connectivity index is 1.70. The van der Waals surface area contributed by atoms with E-state index in [1.54, 1.807) is 13.0 Å². The third kappa shape index (κ3) is 5.72. The number of sulfonamides is 1. The number of hydrogen-bond acceptors (Lipinski definition) is 7. The molecule has 2 aromatic rings.